The van der Waals surface area contributed by atoms with E-state index < -0.39 is 11.2 Å². The van der Waals surface area contributed by atoms with Crippen molar-refractivity contribution in [2.45, 2.75) is 33.2 Å². The fraction of sp³-hybridized carbons (Fsp3) is 0.400. The Morgan fingerprint density at radius 2 is 1.67 bits per heavy atom. The number of H-pyrrole nitrogens is 1. The molecular formula is C15H24N4O2. The van der Waals surface area contributed by atoms with Crippen molar-refractivity contribution in [1.29, 1.82) is 0 Å². The van der Waals surface area contributed by atoms with Gasteiger partial charge in [-0.3, -0.25) is 9.78 Å². The van der Waals surface area contributed by atoms with Gasteiger partial charge in [0.1, 0.15) is 6.20 Å². The van der Waals surface area contributed by atoms with Crippen LogP contribution >= 0.6 is 0 Å². The number of aryl methyl sites for hydroxylation is 1. The van der Waals surface area contributed by atoms with Crippen LogP contribution in [-0.4, -0.2) is 14.8 Å². The highest BCUT2D eigenvalue weighted by Gasteiger charge is 2.11. The Bertz CT molecular complexity index is 624. The molecule has 0 aliphatic heterocycles. The van der Waals surface area contributed by atoms with Crippen LogP contribution in [0.1, 0.15) is 33.3 Å². The molecule has 0 radical (unpaired) electrons. The summed E-state index contributed by atoms with van der Waals surface area (Å²) in [5.74, 6) is 0. The maximum Gasteiger partial charge on any atom is 0.344 e. The standard InChI is InChI=1S/C9H13N.C4H5N3O2.C2H6/c1-9(2,10)8-6-4-3-5-7-8;1-7-4(9)6-3(8)2-5-7;1-2/h3-7H,10H2,1-2H3;2H,1H3,(H,6,8,9);1-2H3. The lowest BCUT2D eigenvalue weighted by atomic mass is 9.96. The Hall–Kier alpha value is -2.21. The van der Waals surface area contributed by atoms with Crippen LogP contribution in [-0.2, 0) is 12.6 Å². The van der Waals surface area contributed by atoms with Crippen molar-refractivity contribution in [1.82, 2.24) is 14.8 Å². The number of aromatic amines is 1. The predicted octanol–water partition coefficient (Wildman–Crippen LogP) is 1.38. The SMILES string of the molecule is CC.CC(C)(N)c1ccccc1.Cn1ncc(=O)[nH]c1=O. The Balaban J connectivity index is 0.000000342. The average Bonchev–Trinajstić information content (AvgIpc) is 2.46. The molecule has 1 heterocycles. The second-order valence-electron chi connectivity index (χ2n) is 4.65. The molecule has 2 rings (SSSR count). The van der Waals surface area contributed by atoms with Crippen LogP contribution in [0.3, 0.4) is 0 Å². The summed E-state index contributed by atoms with van der Waals surface area (Å²) < 4.78 is 1.04. The van der Waals surface area contributed by atoms with E-state index in [4.69, 9.17) is 5.73 Å². The maximum atomic E-state index is 10.5. The molecule has 3 N–H and O–H groups in total. The number of benzene rings is 1. The minimum Gasteiger partial charge on any atom is -0.322 e. The first-order valence-electron chi connectivity index (χ1n) is 6.78. The summed E-state index contributed by atoms with van der Waals surface area (Å²) in [6, 6.07) is 10.1. The molecule has 2 aromatic rings. The summed E-state index contributed by atoms with van der Waals surface area (Å²) in [4.78, 5) is 22.8. The van der Waals surface area contributed by atoms with Crippen molar-refractivity contribution >= 4 is 0 Å². The first-order chi connectivity index (χ1) is 9.80. The lowest BCUT2D eigenvalue weighted by molar-refractivity contribution is 0.554. The highest BCUT2D eigenvalue weighted by Crippen LogP contribution is 2.14. The normalized spacial score (nSPS) is 9.81. The third-order valence-corrected chi connectivity index (χ3v) is 2.39. The third kappa shape index (κ3) is 7.22. The lowest BCUT2D eigenvalue weighted by Crippen LogP contribution is -2.29. The minimum absolute atomic E-state index is 0.207. The van der Waals surface area contributed by atoms with Crippen LogP contribution in [0.5, 0.6) is 0 Å². The van der Waals surface area contributed by atoms with Crippen LogP contribution in [0.25, 0.3) is 0 Å². The van der Waals surface area contributed by atoms with Crippen LogP contribution in [0.4, 0.5) is 0 Å². The fourth-order valence-electron chi connectivity index (χ4n) is 1.28. The van der Waals surface area contributed by atoms with E-state index in [0.717, 1.165) is 10.9 Å². The van der Waals surface area contributed by atoms with E-state index in [9.17, 15) is 9.59 Å². The van der Waals surface area contributed by atoms with Crippen molar-refractivity contribution in [3.8, 4) is 0 Å². The molecule has 6 heteroatoms. The third-order valence-electron chi connectivity index (χ3n) is 2.39. The summed E-state index contributed by atoms with van der Waals surface area (Å²) in [6.45, 7) is 8.00. The molecule has 0 unspecified atom stereocenters. The number of nitrogens with zero attached hydrogens (tertiary/aromatic N) is 2. The monoisotopic (exact) mass is 292 g/mol. The van der Waals surface area contributed by atoms with Gasteiger partial charge in [0.2, 0.25) is 0 Å². The molecule has 6 nitrogen and oxygen atoms in total. The van der Waals surface area contributed by atoms with E-state index in [1.54, 1.807) is 0 Å². The first-order valence-corrected chi connectivity index (χ1v) is 6.78. The maximum absolute atomic E-state index is 10.5. The van der Waals surface area contributed by atoms with E-state index in [-0.39, 0.29) is 5.54 Å². The van der Waals surface area contributed by atoms with Gasteiger partial charge in [0.15, 0.2) is 0 Å². The summed E-state index contributed by atoms with van der Waals surface area (Å²) >= 11 is 0. The quantitative estimate of drug-likeness (QED) is 0.830. The zero-order valence-corrected chi connectivity index (χ0v) is 13.3. The molecule has 0 fully saturated rings. The summed E-state index contributed by atoms with van der Waals surface area (Å²) in [7, 11) is 1.46. The fourth-order valence-corrected chi connectivity index (χ4v) is 1.28. The number of nitrogens with one attached hydrogen (secondary N) is 1. The van der Waals surface area contributed by atoms with Crippen molar-refractivity contribution in [2.75, 3.05) is 0 Å². The molecule has 0 bridgehead atoms. The molecule has 0 amide bonds. The van der Waals surface area contributed by atoms with E-state index in [1.807, 2.05) is 63.0 Å². The van der Waals surface area contributed by atoms with Crippen molar-refractivity contribution in [3.05, 3.63) is 62.9 Å². The molecule has 0 saturated carbocycles. The average molecular weight is 292 g/mol. The van der Waals surface area contributed by atoms with E-state index in [0.29, 0.717) is 0 Å². The Morgan fingerprint density at radius 3 is 2.00 bits per heavy atom. The number of nitrogens with two attached hydrogens (primary N) is 1. The molecule has 0 aliphatic carbocycles. The van der Waals surface area contributed by atoms with Crippen molar-refractivity contribution in [3.63, 3.8) is 0 Å². The smallest absolute Gasteiger partial charge is 0.322 e. The molecule has 1 aromatic heterocycles. The van der Waals surface area contributed by atoms with Crippen LogP contribution in [0.2, 0.25) is 0 Å². The highest BCUT2D eigenvalue weighted by molar-refractivity contribution is 5.21. The summed E-state index contributed by atoms with van der Waals surface area (Å²) in [5, 5.41) is 3.44. The zero-order chi connectivity index (χ0) is 16.5. The number of aromatic nitrogens is 3. The number of hydrogen-bond donors (Lipinski definition) is 2. The number of rotatable bonds is 1. The molecule has 0 spiro atoms. The summed E-state index contributed by atoms with van der Waals surface area (Å²) in [6.07, 6.45) is 1.04. The van der Waals surface area contributed by atoms with E-state index >= 15 is 0 Å². The lowest BCUT2D eigenvalue weighted by Gasteiger charge is -2.18. The topological polar surface area (TPSA) is 93.8 Å². The Morgan fingerprint density at radius 1 is 1.14 bits per heavy atom. The van der Waals surface area contributed by atoms with Crippen molar-refractivity contribution < 1.29 is 0 Å². The van der Waals surface area contributed by atoms with Gasteiger partial charge in [0.05, 0.1) is 0 Å². The summed E-state index contributed by atoms with van der Waals surface area (Å²) in [5.41, 5.74) is 5.85. The Kier molecular flexibility index (Phi) is 7.93. The van der Waals surface area contributed by atoms with E-state index in [1.165, 1.54) is 12.6 Å². The van der Waals surface area contributed by atoms with Gasteiger partial charge < -0.3 is 5.73 Å². The molecular weight excluding hydrogens is 268 g/mol. The van der Waals surface area contributed by atoms with E-state index in [2.05, 4.69) is 5.10 Å². The van der Waals surface area contributed by atoms with Gasteiger partial charge in [-0.1, -0.05) is 44.2 Å². The first kappa shape index (κ1) is 18.8. The molecule has 21 heavy (non-hydrogen) atoms. The molecule has 0 saturated heterocycles. The van der Waals surface area contributed by atoms with Gasteiger partial charge in [-0.15, -0.1) is 0 Å². The molecule has 0 atom stereocenters. The van der Waals surface area contributed by atoms with Gasteiger partial charge in [0, 0.05) is 12.6 Å². The van der Waals surface area contributed by atoms with Gasteiger partial charge in [-0.25, -0.2) is 9.48 Å². The van der Waals surface area contributed by atoms with Crippen LogP contribution < -0.4 is 17.0 Å². The predicted molar refractivity (Wildman–Crippen MR) is 85.1 cm³/mol. The number of hydrogen-bond acceptors (Lipinski definition) is 4. The molecule has 116 valence electrons. The van der Waals surface area contributed by atoms with Crippen LogP contribution in [0, 0.1) is 0 Å². The van der Waals surface area contributed by atoms with Gasteiger partial charge in [0.25, 0.3) is 5.56 Å². The van der Waals surface area contributed by atoms with Gasteiger partial charge in [-0.05, 0) is 19.4 Å². The highest BCUT2D eigenvalue weighted by atomic mass is 16.2. The zero-order valence-electron chi connectivity index (χ0n) is 13.3. The van der Waals surface area contributed by atoms with Gasteiger partial charge in [-0.2, -0.15) is 5.10 Å². The second-order valence-corrected chi connectivity index (χ2v) is 4.65. The largest absolute Gasteiger partial charge is 0.344 e. The molecule has 1 aromatic carbocycles. The second kappa shape index (κ2) is 8.86. The van der Waals surface area contributed by atoms with Gasteiger partial charge >= 0.3 is 5.69 Å². The minimum atomic E-state index is -0.498. The van der Waals surface area contributed by atoms with Crippen LogP contribution in [0.15, 0.2) is 46.1 Å². The van der Waals surface area contributed by atoms with Crippen molar-refractivity contribution in [2.24, 2.45) is 12.8 Å². The Labute approximate surface area is 124 Å². The molecule has 0 aliphatic rings.